The van der Waals surface area contributed by atoms with Crippen molar-refractivity contribution >= 4 is 35.2 Å². The molecule has 0 aliphatic carbocycles. The van der Waals surface area contributed by atoms with Crippen molar-refractivity contribution in [1.29, 1.82) is 0 Å². The number of aromatic nitrogens is 1. The van der Waals surface area contributed by atoms with Crippen LogP contribution in [0.25, 0.3) is 0 Å². The van der Waals surface area contributed by atoms with Crippen LogP contribution in [0, 0.1) is 3.70 Å². The second-order valence-corrected chi connectivity index (χ2v) is 3.57. The van der Waals surface area contributed by atoms with Crippen molar-refractivity contribution in [3.8, 4) is 0 Å². The lowest BCUT2D eigenvalue weighted by molar-refractivity contribution is -0.137. The lowest BCUT2D eigenvalue weighted by atomic mass is 9.78. The third-order valence-corrected chi connectivity index (χ3v) is 2.07. The highest BCUT2D eigenvalue weighted by molar-refractivity contribution is 14.1. The molecule has 0 aromatic carbocycles. The van der Waals surface area contributed by atoms with Gasteiger partial charge in [0.15, 0.2) is 0 Å². The van der Waals surface area contributed by atoms with Crippen LogP contribution < -0.4 is 5.46 Å². The molecule has 0 atom stereocenters. The Balaban J connectivity index is 3.30. The van der Waals surface area contributed by atoms with Crippen LogP contribution in [0.4, 0.5) is 13.2 Å². The average molecular weight is 317 g/mol. The Morgan fingerprint density at radius 2 is 1.93 bits per heavy atom. The molecule has 0 saturated carbocycles. The van der Waals surface area contributed by atoms with Gasteiger partial charge in [-0.25, -0.2) is 0 Å². The summed E-state index contributed by atoms with van der Waals surface area (Å²) in [7, 11) is -2.17. The van der Waals surface area contributed by atoms with Crippen LogP contribution >= 0.6 is 22.6 Å². The van der Waals surface area contributed by atoms with E-state index >= 15 is 0 Å². The Morgan fingerprint density at radius 3 is 2.36 bits per heavy atom. The van der Waals surface area contributed by atoms with E-state index in [1.54, 1.807) is 22.6 Å². The van der Waals surface area contributed by atoms with Crippen molar-refractivity contribution in [2.24, 2.45) is 0 Å². The van der Waals surface area contributed by atoms with E-state index in [4.69, 9.17) is 10.0 Å². The van der Waals surface area contributed by atoms with E-state index in [9.17, 15) is 13.2 Å². The lowest BCUT2D eigenvalue weighted by Crippen LogP contribution is -2.36. The minimum atomic E-state index is -4.61. The summed E-state index contributed by atoms with van der Waals surface area (Å²) in [5.74, 6) is 0. The van der Waals surface area contributed by atoms with Crippen molar-refractivity contribution < 1.29 is 23.2 Å². The molecule has 0 saturated heterocycles. The zero-order valence-electron chi connectivity index (χ0n) is 6.59. The second-order valence-electron chi connectivity index (χ2n) is 2.47. The molecule has 2 N–H and O–H groups in total. The van der Waals surface area contributed by atoms with Gasteiger partial charge in [-0.3, -0.25) is 4.98 Å². The Morgan fingerprint density at radius 1 is 1.36 bits per heavy atom. The van der Waals surface area contributed by atoms with Gasteiger partial charge in [-0.15, -0.1) is 0 Å². The number of halogens is 4. The van der Waals surface area contributed by atoms with Crippen LogP contribution in [0.5, 0.6) is 0 Å². The van der Waals surface area contributed by atoms with Gasteiger partial charge in [-0.2, -0.15) is 13.2 Å². The molecule has 76 valence electrons. The Labute approximate surface area is 91.3 Å². The second kappa shape index (κ2) is 4.03. The van der Waals surface area contributed by atoms with Gasteiger partial charge in [-0.05, 0) is 28.7 Å². The van der Waals surface area contributed by atoms with Crippen LogP contribution in [0.2, 0.25) is 0 Å². The van der Waals surface area contributed by atoms with E-state index in [0.29, 0.717) is 0 Å². The quantitative estimate of drug-likeness (QED) is 0.447. The van der Waals surface area contributed by atoms with Gasteiger partial charge in [0.05, 0.1) is 5.56 Å². The first kappa shape index (κ1) is 11.7. The van der Waals surface area contributed by atoms with Gasteiger partial charge in [0.1, 0.15) is 3.70 Å². The fraction of sp³-hybridized carbons (Fsp3) is 0.167. The number of rotatable bonds is 1. The molecule has 3 nitrogen and oxygen atoms in total. The molecule has 8 heteroatoms. The monoisotopic (exact) mass is 317 g/mol. The maximum atomic E-state index is 12.3. The normalized spacial score (nSPS) is 11.6. The average Bonchev–Trinajstić information content (AvgIpc) is 2.01. The summed E-state index contributed by atoms with van der Waals surface area (Å²) in [5.41, 5.74) is -1.72. The van der Waals surface area contributed by atoms with Crippen molar-refractivity contribution in [2.75, 3.05) is 0 Å². The molecule has 0 fully saturated rings. The smallest absolute Gasteiger partial charge is 0.423 e. The van der Waals surface area contributed by atoms with Crippen LogP contribution in [-0.2, 0) is 6.18 Å². The van der Waals surface area contributed by atoms with Gasteiger partial charge in [-0.1, -0.05) is 0 Å². The standard InChI is InChI=1S/C6H4BF3INO2/c8-6(9,10)3-1-5(11)12-2-4(3)7(13)14/h1-2,13-14H. The first-order chi connectivity index (χ1) is 6.32. The first-order valence-corrected chi connectivity index (χ1v) is 4.49. The molecule has 0 unspecified atom stereocenters. The molecule has 0 bridgehead atoms. The van der Waals surface area contributed by atoms with Gasteiger partial charge in [0, 0.05) is 11.7 Å². The molecule has 1 aromatic rings. The van der Waals surface area contributed by atoms with Gasteiger partial charge >= 0.3 is 13.3 Å². The van der Waals surface area contributed by atoms with E-state index < -0.39 is 24.3 Å². The molecule has 1 rings (SSSR count). The molecular weight excluding hydrogens is 313 g/mol. The highest BCUT2D eigenvalue weighted by Gasteiger charge is 2.36. The number of nitrogens with zero attached hydrogens (tertiary/aromatic N) is 1. The number of alkyl halides is 3. The Kier molecular flexibility index (Phi) is 3.38. The molecular formula is C6H4BF3INO2. The molecule has 0 aliphatic heterocycles. The van der Waals surface area contributed by atoms with Crippen LogP contribution in [0.3, 0.4) is 0 Å². The minimum absolute atomic E-state index is 0.138. The van der Waals surface area contributed by atoms with Crippen molar-refractivity contribution in [3.05, 3.63) is 21.5 Å². The fourth-order valence-corrected chi connectivity index (χ4v) is 1.34. The Bertz CT molecular complexity index is 344. The van der Waals surface area contributed by atoms with Crippen molar-refractivity contribution in [1.82, 2.24) is 4.98 Å². The highest BCUT2D eigenvalue weighted by atomic mass is 127. The third-order valence-electron chi connectivity index (χ3n) is 1.48. The fourth-order valence-electron chi connectivity index (χ4n) is 0.892. The molecule has 14 heavy (non-hydrogen) atoms. The predicted molar refractivity (Wildman–Crippen MR) is 51.8 cm³/mol. The predicted octanol–water partition coefficient (Wildman–Crippen LogP) is 0.385. The van der Waals surface area contributed by atoms with Crippen LogP contribution in [0.1, 0.15) is 5.56 Å². The summed E-state index contributed by atoms with van der Waals surface area (Å²) >= 11 is 1.61. The minimum Gasteiger partial charge on any atom is -0.423 e. The van der Waals surface area contributed by atoms with E-state index in [1.165, 1.54) is 0 Å². The van der Waals surface area contributed by atoms with Gasteiger partial charge in [0.2, 0.25) is 0 Å². The summed E-state index contributed by atoms with van der Waals surface area (Å²) in [6.07, 6.45) is -3.81. The summed E-state index contributed by atoms with van der Waals surface area (Å²) in [4.78, 5) is 3.54. The largest absolute Gasteiger partial charge is 0.490 e. The molecule has 1 aromatic heterocycles. The zero-order valence-corrected chi connectivity index (χ0v) is 8.74. The summed E-state index contributed by atoms with van der Waals surface area (Å²) in [6, 6.07) is 0.759. The van der Waals surface area contributed by atoms with E-state index in [-0.39, 0.29) is 3.70 Å². The van der Waals surface area contributed by atoms with E-state index in [0.717, 1.165) is 12.3 Å². The van der Waals surface area contributed by atoms with Gasteiger partial charge < -0.3 is 10.0 Å². The maximum absolute atomic E-state index is 12.3. The third kappa shape index (κ3) is 2.58. The first-order valence-electron chi connectivity index (χ1n) is 3.41. The summed E-state index contributed by atoms with van der Waals surface area (Å²) < 4.78 is 37.1. The van der Waals surface area contributed by atoms with Crippen LogP contribution in [0.15, 0.2) is 12.3 Å². The number of hydrogen-bond acceptors (Lipinski definition) is 3. The highest BCUT2D eigenvalue weighted by Crippen LogP contribution is 2.28. The van der Waals surface area contributed by atoms with Crippen molar-refractivity contribution in [2.45, 2.75) is 6.18 Å². The van der Waals surface area contributed by atoms with Gasteiger partial charge in [0.25, 0.3) is 0 Å². The van der Waals surface area contributed by atoms with E-state index in [1.807, 2.05) is 0 Å². The summed E-state index contributed by atoms with van der Waals surface area (Å²) in [5, 5.41) is 17.3. The summed E-state index contributed by atoms with van der Waals surface area (Å²) in [6.45, 7) is 0. The molecule has 0 amide bonds. The zero-order chi connectivity index (χ0) is 10.9. The van der Waals surface area contributed by atoms with E-state index in [2.05, 4.69) is 4.98 Å². The van der Waals surface area contributed by atoms with Crippen molar-refractivity contribution in [3.63, 3.8) is 0 Å². The lowest BCUT2D eigenvalue weighted by Gasteiger charge is -2.11. The molecule has 0 aliphatic rings. The molecule has 1 heterocycles. The molecule has 0 spiro atoms. The Hall–Kier alpha value is -0.345. The molecule has 0 radical (unpaired) electrons. The topological polar surface area (TPSA) is 53.4 Å². The maximum Gasteiger partial charge on any atom is 0.490 e. The SMILES string of the molecule is OB(O)c1cnc(I)cc1C(F)(F)F. The number of pyridine rings is 1. The van der Waals surface area contributed by atoms with Crippen LogP contribution in [-0.4, -0.2) is 22.2 Å². The number of hydrogen-bond donors (Lipinski definition) is 2.